The van der Waals surface area contributed by atoms with Crippen LogP contribution >= 0.6 is 11.8 Å². The first-order valence-electron chi connectivity index (χ1n) is 6.76. The van der Waals surface area contributed by atoms with Gasteiger partial charge in [0.05, 0.1) is 11.5 Å². The fraction of sp³-hybridized carbons (Fsp3) is 0.400. The van der Waals surface area contributed by atoms with Crippen LogP contribution in [0.5, 0.6) is 0 Å². The van der Waals surface area contributed by atoms with Gasteiger partial charge in [-0.1, -0.05) is 20.8 Å². The molecule has 7 heteroatoms. The molecular weight excluding hydrogens is 302 g/mol. The van der Waals surface area contributed by atoms with Crippen LogP contribution in [-0.4, -0.2) is 29.2 Å². The van der Waals surface area contributed by atoms with Crippen molar-refractivity contribution in [3.8, 4) is 0 Å². The molecule has 0 radical (unpaired) electrons. The van der Waals surface area contributed by atoms with Crippen LogP contribution < -0.4 is 16.4 Å². The van der Waals surface area contributed by atoms with Crippen LogP contribution in [0.2, 0.25) is 0 Å². The maximum Gasteiger partial charge on any atom is 0.234 e. The van der Waals surface area contributed by atoms with E-state index in [1.54, 1.807) is 24.3 Å². The molecule has 120 valence electrons. The zero-order valence-corrected chi connectivity index (χ0v) is 13.8. The van der Waals surface area contributed by atoms with E-state index in [1.165, 1.54) is 0 Å². The first-order valence-corrected chi connectivity index (χ1v) is 7.91. The zero-order valence-electron chi connectivity index (χ0n) is 12.9. The van der Waals surface area contributed by atoms with Gasteiger partial charge in [0.25, 0.3) is 0 Å². The van der Waals surface area contributed by atoms with Crippen LogP contribution in [0.4, 0.5) is 11.4 Å². The van der Waals surface area contributed by atoms with Crippen molar-refractivity contribution in [2.24, 2.45) is 11.1 Å². The summed E-state index contributed by atoms with van der Waals surface area (Å²) in [6.45, 7) is 5.50. The van der Waals surface area contributed by atoms with Crippen molar-refractivity contribution in [3.05, 3.63) is 24.3 Å². The number of rotatable bonds is 6. The van der Waals surface area contributed by atoms with Crippen LogP contribution in [0.25, 0.3) is 0 Å². The van der Waals surface area contributed by atoms with E-state index in [-0.39, 0.29) is 23.3 Å². The van der Waals surface area contributed by atoms with E-state index in [0.717, 1.165) is 11.8 Å². The van der Waals surface area contributed by atoms with Crippen molar-refractivity contribution >= 4 is 40.9 Å². The Labute approximate surface area is 134 Å². The van der Waals surface area contributed by atoms with Crippen LogP contribution in [0.15, 0.2) is 24.3 Å². The summed E-state index contributed by atoms with van der Waals surface area (Å²) < 4.78 is 0. The van der Waals surface area contributed by atoms with Gasteiger partial charge in [-0.3, -0.25) is 14.4 Å². The van der Waals surface area contributed by atoms with Gasteiger partial charge in [0, 0.05) is 16.8 Å². The minimum absolute atomic E-state index is 0.0767. The fourth-order valence-electron chi connectivity index (χ4n) is 1.40. The lowest BCUT2D eigenvalue weighted by atomic mass is 9.95. The molecule has 0 aliphatic heterocycles. The van der Waals surface area contributed by atoms with Gasteiger partial charge in [-0.05, 0) is 24.3 Å². The van der Waals surface area contributed by atoms with Gasteiger partial charge in [0.2, 0.25) is 17.7 Å². The molecule has 4 N–H and O–H groups in total. The SMILES string of the molecule is CC(C)(C)C(=O)Nc1ccc(NC(=O)CSCC(N)=O)cc1. The van der Waals surface area contributed by atoms with E-state index in [0.29, 0.717) is 11.4 Å². The highest BCUT2D eigenvalue weighted by Gasteiger charge is 2.20. The number of nitrogens with one attached hydrogen (secondary N) is 2. The van der Waals surface area contributed by atoms with Crippen molar-refractivity contribution in [1.82, 2.24) is 0 Å². The lowest BCUT2D eigenvalue weighted by molar-refractivity contribution is -0.123. The van der Waals surface area contributed by atoms with Crippen LogP contribution in [0.3, 0.4) is 0 Å². The molecule has 0 spiro atoms. The summed E-state index contributed by atoms with van der Waals surface area (Å²) in [5.41, 5.74) is 5.82. The molecule has 0 saturated carbocycles. The summed E-state index contributed by atoms with van der Waals surface area (Å²) in [5, 5.41) is 5.50. The van der Waals surface area contributed by atoms with Crippen LogP contribution in [0.1, 0.15) is 20.8 Å². The molecule has 0 aromatic heterocycles. The molecule has 1 rings (SSSR count). The molecule has 0 aliphatic rings. The number of anilines is 2. The minimum atomic E-state index is -0.468. The number of benzene rings is 1. The summed E-state index contributed by atoms with van der Waals surface area (Å²) in [4.78, 5) is 34.1. The van der Waals surface area contributed by atoms with Crippen molar-refractivity contribution in [2.75, 3.05) is 22.1 Å². The van der Waals surface area contributed by atoms with Crippen LogP contribution in [0, 0.1) is 5.41 Å². The number of hydrogen-bond acceptors (Lipinski definition) is 4. The highest BCUT2D eigenvalue weighted by atomic mass is 32.2. The molecule has 0 unspecified atom stereocenters. The third-order valence-electron chi connectivity index (χ3n) is 2.59. The van der Waals surface area contributed by atoms with Gasteiger partial charge in [-0.2, -0.15) is 0 Å². The molecule has 22 heavy (non-hydrogen) atoms. The van der Waals surface area contributed by atoms with E-state index < -0.39 is 11.3 Å². The predicted octanol–water partition coefficient (Wildman–Crippen LogP) is 1.83. The number of hydrogen-bond donors (Lipinski definition) is 3. The highest BCUT2D eigenvalue weighted by Crippen LogP contribution is 2.19. The summed E-state index contributed by atoms with van der Waals surface area (Å²) in [7, 11) is 0. The number of carbonyl (C=O) groups excluding carboxylic acids is 3. The molecule has 0 atom stereocenters. The highest BCUT2D eigenvalue weighted by molar-refractivity contribution is 8.00. The molecule has 0 saturated heterocycles. The molecule has 1 aromatic rings. The number of carbonyl (C=O) groups is 3. The minimum Gasteiger partial charge on any atom is -0.369 e. The lowest BCUT2D eigenvalue weighted by Gasteiger charge is -2.17. The van der Waals surface area contributed by atoms with Gasteiger partial charge in [-0.15, -0.1) is 11.8 Å². The Hall–Kier alpha value is -2.02. The van der Waals surface area contributed by atoms with Gasteiger partial charge < -0.3 is 16.4 Å². The lowest BCUT2D eigenvalue weighted by Crippen LogP contribution is -2.27. The van der Waals surface area contributed by atoms with Crippen molar-refractivity contribution in [1.29, 1.82) is 0 Å². The largest absolute Gasteiger partial charge is 0.369 e. The summed E-state index contributed by atoms with van der Waals surface area (Å²) >= 11 is 1.16. The second kappa shape index (κ2) is 7.84. The van der Waals surface area contributed by atoms with Crippen molar-refractivity contribution in [2.45, 2.75) is 20.8 Å². The smallest absolute Gasteiger partial charge is 0.234 e. The van der Waals surface area contributed by atoms with Gasteiger partial charge >= 0.3 is 0 Å². The average Bonchev–Trinajstić information content (AvgIpc) is 2.39. The second-order valence-corrected chi connectivity index (χ2v) is 6.77. The van der Waals surface area contributed by atoms with Gasteiger partial charge in [-0.25, -0.2) is 0 Å². The van der Waals surface area contributed by atoms with Gasteiger partial charge in [0.15, 0.2) is 0 Å². The van der Waals surface area contributed by atoms with Crippen molar-refractivity contribution < 1.29 is 14.4 Å². The maximum atomic E-state index is 11.8. The summed E-state index contributed by atoms with van der Waals surface area (Å²) in [6, 6.07) is 6.84. The molecule has 0 aliphatic carbocycles. The fourth-order valence-corrected chi connectivity index (χ4v) is 1.96. The van der Waals surface area contributed by atoms with Crippen molar-refractivity contribution in [3.63, 3.8) is 0 Å². The summed E-state index contributed by atoms with van der Waals surface area (Å²) in [6.07, 6.45) is 0. The Morgan fingerprint density at radius 1 is 1.00 bits per heavy atom. The number of amides is 3. The number of nitrogens with two attached hydrogens (primary N) is 1. The third-order valence-corrected chi connectivity index (χ3v) is 3.54. The number of thioether (sulfide) groups is 1. The normalized spacial score (nSPS) is 10.9. The molecule has 3 amide bonds. The number of primary amides is 1. The topological polar surface area (TPSA) is 101 Å². The van der Waals surface area contributed by atoms with E-state index >= 15 is 0 Å². The molecule has 0 fully saturated rings. The van der Waals surface area contributed by atoms with E-state index in [9.17, 15) is 14.4 Å². The Kier molecular flexibility index (Phi) is 6.42. The molecule has 1 aromatic carbocycles. The third kappa shape index (κ3) is 6.62. The quantitative estimate of drug-likeness (QED) is 0.743. The average molecular weight is 323 g/mol. The van der Waals surface area contributed by atoms with E-state index in [1.807, 2.05) is 20.8 Å². The first-order chi connectivity index (χ1) is 10.2. The summed E-state index contributed by atoms with van der Waals surface area (Å²) in [5.74, 6) is -0.460. The van der Waals surface area contributed by atoms with E-state index in [4.69, 9.17) is 5.73 Å². The molecule has 0 heterocycles. The van der Waals surface area contributed by atoms with Gasteiger partial charge in [0.1, 0.15) is 0 Å². The molecular formula is C15H21N3O3S. The maximum absolute atomic E-state index is 11.8. The monoisotopic (exact) mass is 323 g/mol. The molecule has 6 nitrogen and oxygen atoms in total. The Bertz CT molecular complexity index is 550. The Morgan fingerprint density at radius 3 is 1.95 bits per heavy atom. The Balaban J connectivity index is 2.49. The predicted molar refractivity (Wildman–Crippen MR) is 89.7 cm³/mol. The van der Waals surface area contributed by atoms with Crippen LogP contribution in [-0.2, 0) is 14.4 Å². The first kappa shape index (κ1) is 18.0. The second-order valence-electron chi connectivity index (χ2n) is 5.79. The Morgan fingerprint density at radius 2 is 1.50 bits per heavy atom. The van der Waals surface area contributed by atoms with E-state index in [2.05, 4.69) is 10.6 Å². The zero-order chi connectivity index (χ0) is 16.8. The standard InChI is InChI=1S/C15H21N3O3S/c1-15(2,3)14(21)18-11-6-4-10(5-7-11)17-13(20)9-22-8-12(16)19/h4-7H,8-9H2,1-3H3,(H2,16,19)(H,17,20)(H,18,21). The molecule has 0 bridgehead atoms.